The summed E-state index contributed by atoms with van der Waals surface area (Å²) < 4.78 is 2.39. The highest BCUT2D eigenvalue weighted by molar-refractivity contribution is 6.10. The summed E-state index contributed by atoms with van der Waals surface area (Å²) in [6.07, 6.45) is 0. The van der Waals surface area contributed by atoms with Crippen LogP contribution in [0.4, 0.5) is 17.1 Å². The number of anilines is 3. The van der Waals surface area contributed by atoms with Gasteiger partial charge in [0, 0.05) is 33.5 Å². The maximum absolute atomic E-state index is 2.42. The second kappa shape index (κ2) is 16.7. The molecule has 0 saturated carbocycles. The monoisotopic (exact) mass is 878 g/mol. The van der Waals surface area contributed by atoms with Crippen molar-refractivity contribution >= 4 is 38.9 Å². The molecule has 0 spiro atoms. The minimum atomic E-state index is -0.461. The SMILES string of the molecule is c1ccc(-c2ccc(N(c3ccc(-c4cccc(-c5ccc6c7ccccc7n(-c7ccccc7)c6c5)c4)cc3)c3ccc4c(c3)-c3ccccc3C4(c3ccccc3)c3ccccc3)cc2)cc1. The van der Waals surface area contributed by atoms with E-state index in [0.29, 0.717) is 0 Å². The molecular weight excluding hydrogens is 833 g/mol. The maximum atomic E-state index is 2.42. The second-order valence-electron chi connectivity index (χ2n) is 18.1. The van der Waals surface area contributed by atoms with Crippen LogP contribution in [-0.2, 0) is 5.41 Å². The minimum Gasteiger partial charge on any atom is -0.310 e. The van der Waals surface area contributed by atoms with Crippen LogP contribution in [-0.4, -0.2) is 4.57 Å². The van der Waals surface area contributed by atoms with Gasteiger partial charge in [0.05, 0.1) is 16.4 Å². The Labute approximate surface area is 403 Å². The lowest BCUT2D eigenvalue weighted by atomic mass is 9.68. The topological polar surface area (TPSA) is 8.17 Å². The summed E-state index contributed by atoms with van der Waals surface area (Å²) >= 11 is 0. The summed E-state index contributed by atoms with van der Waals surface area (Å²) in [5.41, 5.74) is 21.1. The van der Waals surface area contributed by atoms with E-state index in [2.05, 4.69) is 289 Å². The Morgan fingerprint density at radius 3 is 1.42 bits per heavy atom. The van der Waals surface area contributed by atoms with Crippen LogP contribution in [0.25, 0.3) is 72.0 Å². The number of aromatic nitrogens is 1. The molecule has 1 aliphatic rings. The molecule has 13 rings (SSSR count). The Hall–Kier alpha value is -8.98. The molecule has 11 aromatic carbocycles. The largest absolute Gasteiger partial charge is 0.310 e. The summed E-state index contributed by atoms with van der Waals surface area (Å²) in [5.74, 6) is 0. The predicted molar refractivity (Wildman–Crippen MR) is 289 cm³/mol. The van der Waals surface area contributed by atoms with Crippen molar-refractivity contribution in [3.63, 3.8) is 0 Å². The third-order valence-corrected chi connectivity index (χ3v) is 14.3. The summed E-state index contributed by atoms with van der Waals surface area (Å²) in [7, 11) is 0. The van der Waals surface area contributed by atoms with E-state index >= 15 is 0 Å². The van der Waals surface area contributed by atoms with Crippen molar-refractivity contribution in [2.24, 2.45) is 0 Å². The van der Waals surface area contributed by atoms with Gasteiger partial charge in [-0.2, -0.15) is 0 Å². The average Bonchev–Trinajstić information content (AvgIpc) is 3.92. The molecule has 1 aliphatic carbocycles. The van der Waals surface area contributed by atoms with Crippen molar-refractivity contribution in [1.82, 2.24) is 4.57 Å². The predicted octanol–water partition coefficient (Wildman–Crippen LogP) is 17.6. The average molecular weight is 879 g/mol. The second-order valence-corrected chi connectivity index (χ2v) is 18.1. The molecule has 0 unspecified atom stereocenters. The maximum Gasteiger partial charge on any atom is 0.0713 e. The van der Waals surface area contributed by atoms with E-state index in [1.54, 1.807) is 0 Å². The van der Waals surface area contributed by atoms with Crippen molar-refractivity contribution in [1.29, 1.82) is 0 Å². The molecule has 1 heterocycles. The van der Waals surface area contributed by atoms with Crippen molar-refractivity contribution in [3.05, 3.63) is 301 Å². The summed E-state index contributed by atoms with van der Waals surface area (Å²) in [6.45, 7) is 0. The van der Waals surface area contributed by atoms with E-state index in [1.807, 2.05) is 0 Å². The van der Waals surface area contributed by atoms with Crippen LogP contribution in [0.15, 0.2) is 279 Å². The molecule has 0 amide bonds. The number of nitrogens with zero attached hydrogens (tertiary/aromatic N) is 2. The van der Waals surface area contributed by atoms with Crippen molar-refractivity contribution in [2.45, 2.75) is 5.41 Å². The quantitative estimate of drug-likeness (QED) is 0.140. The zero-order chi connectivity index (χ0) is 45.7. The first-order chi connectivity index (χ1) is 34.2. The summed E-state index contributed by atoms with van der Waals surface area (Å²) in [4.78, 5) is 2.41. The fraction of sp³-hybridized carbons (Fsp3) is 0.0149. The van der Waals surface area contributed by atoms with Crippen LogP contribution in [0, 0.1) is 0 Å². The molecule has 69 heavy (non-hydrogen) atoms. The fourth-order valence-electron chi connectivity index (χ4n) is 11.1. The van der Waals surface area contributed by atoms with Gasteiger partial charge in [0.2, 0.25) is 0 Å². The van der Waals surface area contributed by atoms with Crippen molar-refractivity contribution in [2.75, 3.05) is 4.90 Å². The number of hydrogen-bond acceptors (Lipinski definition) is 1. The van der Waals surface area contributed by atoms with Gasteiger partial charge in [-0.05, 0) is 133 Å². The first-order valence-corrected chi connectivity index (χ1v) is 23.8. The van der Waals surface area contributed by atoms with E-state index in [0.717, 1.165) is 28.3 Å². The molecule has 324 valence electrons. The van der Waals surface area contributed by atoms with E-state index < -0.39 is 5.41 Å². The third kappa shape index (κ3) is 6.72. The highest BCUT2D eigenvalue weighted by Gasteiger charge is 2.46. The molecule has 0 N–H and O–H groups in total. The first-order valence-electron chi connectivity index (χ1n) is 23.8. The lowest BCUT2D eigenvalue weighted by Gasteiger charge is -2.34. The Balaban J connectivity index is 0.913. The zero-order valence-corrected chi connectivity index (χ0v) is 38.0. The van der Waals surface area contributed by atoms with E-state index in [1.165, 1.54) is 83.0 Å². The highest BCUT2D eigenvalue weighted by atomic mass is 15.1. The lowest BCUT2D eigenvalue weighted by molar-refractivity contribution is 0.768. The molecule has 0 saturated heterocycles. The normalized spacial score (nSPS) is 12.5. The first kappa shape index (κ1) is 40.3. The van der Waals surface area contributed by atoms with Crippen LogP contribution in [0.2, 0.25) is 0 Å². The van der Waals surface area contributed by atoms with Crippen LogP contribution in [0.5, 0.6) is 0 Å². The van der Waals surface area contributed by atoms with Crippen LogP contribution in [0.1, 0.15) is 22.3 Å². The molecule has 0 atom stereocenters. The van der Waals surface area contributed by atoms with Gasteiger partial charge in [0.25, 0.3) is 0 Å². The molecule has 0 aliphatic heterocycles. The minimum absolute atomic E-state index is 0.461. The molecule has 1 aromatic heterocycles. The van der Waals surface area contributed by atoms with Gasteiger partial charge in [0.1, 0.15) is 0 Å². The van der Waals surface area contributed by atoms with Gasteiger partial charge in [-0.1, -0.05) is 212 Å². The van der Waals surface area contributed by atoms with E-state index in [9.17, 15) is 0 Å². The molecule has 2 heteroatoms. The molecule has 12 aromatic rings. The molecule has 0 fully saturated rings. The molecule has 0 radical (unpaired) electrons. The molecule has 0 bridgehead atoms. The van der Waals surface area contributed by atoms with Gasteiger partial charge in [-0.25, -0.2) is 0 Å². The van der Waals surface area contributed by atoms with Gasteiger partial charge in [-0.15, -0.1) is 0 Å². The van der Waals surface area contributed by atoms with E-state index in [-0.39, 0.29) is 0 Å². The fourth-order valence-corrected chi connectivity index (χ4v) is 11.1. The Kier molecular flexibility index (Phi) is 9.77. The lowest BCUT2D eigenvalue weighted by Crippen LogP contribution is -2.28. The number of hydrogen-bond donors (Lipinski definition) is 0. The smallest absolute Gasteiger partial charge is 0.0713 e. The number of fused-ring (bicyclic) bond motifs is 6. The summed E-state index contributed by atoms with van der Waals surface area (Å²) in [6, 6.07) is 102. The zero-order valence-electron chi connectivity index (χ0n) is 38.0. The van der Waals surface area contributed by atoms with Gasteiger partial charge >= 0.3 is 0 Å². The van der Waals surface area contributed by atoms with Crippen LogP contribution in [0.3, 0.4) is 0 Å². The van der Waals surface area contributed by atoms with E-state index in [4.69, 9.17) is 0 Å². The highest BCUT2D eigenvalue weighted by Crippen LogP contribution is 2.57. The van der Waals surface area contributed by atoms with Crippen molar-refractivity contribution in [3.8, 4) is 50.2 Å². The molecule has 2 nitrogen and oxygen atoms in total. The molecular formula is C67H46N2. The number of para-hydroxylation sites is 2. The Morgan fingerprint density at radius 1 is 0.275 bits per heavy atom. The summed E-state index contributed by atoms with van der Waals surface area (Å²) in [5, 5.41) is 2.51. The Morgan fingerprint density at radius 2 is 0.739 bits per heavy atom. The van der Waals surface area contributed by atoms with Crippen molar-refractivity contribution < 1.29 is 0 Å². The van der Waals surface area contributed by atoms with Gasteiger partial charge < -0.3 is 9.47 Å². The number of rotatable bonds is 9. The number of benzene rings is 11. The third-order valence-electron chi connectivity index (χ3n) is 14.3. The standard InChI is InChI=1S/C67H46N2/c1-5-18-47(19-6-1)48-32-37-56(38-33-48)68(58-41-43-64-62(46-58)59-28-13-15-30-63(59)67(64,53-22-7-2-8-23-53)54-24-9-3-10-25-54)57-39-34-49(35-40-57)50-20-17-21-51(44-50)52-36-42-61-60-29-14-16-31-65(60)69(66(61)45-52)55-26-11-4-12-27-55/h1-46H. The van der Waals surface area contributed by atoms with Gasteiger partial charge in [-0.3, -0.25) is 0 Å². The van der Waals surface area contributed by atoms with Crippen LogP contribution < -0.4 is 4.90 Å². The Bertz CT molecular complexity index is 3760. The van der Waals surface area contributed by atoms with Gasteiger partial charge in [0.15, 0.2) is 0 Å². The van der Waals surface area contributed by atoms with Crippen LogP contribution >= 0.6 is 0 Å².